The molecule has 1 rings (SSSR count). The molecule has 0 bridgehead atoms. The van der Waals surface area contributed by atoms with Crippen LogP contribution in [0.4, 0.5) is 0 Å². The molecule has 0 N–H and O–H groups in total. The standard InChI is InChI=1S/C8H15NO2/c1-7(6-11-2)9-4-3-8(10)5-9/h7H,3-6H2,1-2H3. The third-order valence-electron chi connectivity index (χ3n) is 2.09. The summed E-state index contributed by atoms with van der Waals surface area (Å²) in [5.74, 6) is 0.355. The van der Waals surface area contributed by atoms with Crippen molar-refractivity contribution in [2.24, 2.45) is 0 Å². The van der Waals surface area contributed by atoms with Crippen molar-refractivity contribution in [2.75, 3.05) is 26.8 Å². The zero-order chi connectivity index (χ0) is 8.27. The number of hydrogen-bond acceptors (Lipinski definition) is 3. The van der Waals surface area contributed by atoms with Crippen LogP contribution in [0.3, 0.4) is 0 Å². The molecule has 0 aromatic rings. The average Bonchev–Trinajstić information content (AvgIpc) is 2.36. The SMILES string of the molecule is COCC(C)N1CCC(=O)C1. The first-order chi connectivity index (χ1) is 5.24. The van der Waals surface area contributed by atoms with Gasteiger partial charge in [-0.15, -0.1) is 0 Å². The zero-order valence-electron chi connectivity index (χ0n) is 7.17. The Morgan fingerprint density at radius 1 is 1.73 bits per heavy atom. The van der Waals surface area contributed by atoms with Crippen LogP contribution < -0.4 is 0 Å². The van der Waals surface area contributed by atoms with E-state index in [2.05, 4.69) is 11.8 Å². The zero-order valence-corrected chi connectivity index (χ0v) is 7.17. The molecule has 1 unspecified atom stereocenters. The van der Waals surface area contributed by atoms with E-state index in [1.165, 1.54) is 0 Å². The minimum atomic E-state index is 0.355. The second kappa shape index (κ2) is 3.83. The van der Waals surface area contributed by atoms with Gasteiger partial charge in [0.05, 0.1) is 13.2 Å². The maximum Gasteiger partial charge on any atom is 0.148 e. The Morgan fingerprint density at radius 3 is 2.91 bits per heavy atom. The molecule has 0 saturated carbocycles. The van der Waals surface area contributed by atoms with Gasteiger partial charge in [0.25, 0.3) is 0 Å². The molecule has 1 atom stereocenters. The van der Waals surface area contributed by atoms with Gasteiger partial charge in [0.2, 0.25) is 0 Å². The van der Waals surface area contributed by atoms with E-state index in [0.717, 1.165) is 6.54 Å². The predicted molar refractivity (Wildman–Crippen MR) is 42.5 cm³/mol. The minimum Gasteiger partial charge on any atom is -0.383 e. The lowest BCUT2D eigenvalue weighted by molar-refractivity contribution is -0.117. The Balaban J connectivity index is 2.30. The minimum absolute atomic E-state index is 0.355. The number of Topliss-reactive ketones (excluding diaryl/α,β-unsaturated/α-hetero) is 1. The van der Waals surface area contributed by atoms with Crippen LogP contribution in [-0.2, 0) is 9.53 Å². The number of methoxy groups -OCH3 is 1. The molecule has 1 fully saturated rings. The van der Waals surface area contributed by atoms with E-state index in [9.17, 15) is 4.79 Å². The Labute approximate surface area is 67.3 Å². The fourth-order valence-electron chi connectivity index (χ4n) is 1.38. The van der Waals surface area contributed by atoms with Crippen molar-refractivity contribution in [2.45, 2.75) is 19.4 Å². The van der Waals surface area contributed by atoms with Gasteiger partial charge in [-0.3, -0.25) is 9.69 Å². The molecule has 3 nitrogen and oxygen atoms in total. The molecule has 3 heteroatoms. The summed E-state index contributed by atoms with van der Waals surface area (Å²) in [6.45, 7) is 4.32. The van der Waals surface area contributed by atoms with Gasteiger partial charge in [-0.2, -0.15) is 0 Å². The molecule has 1 aliphatic rings. The van der Waals surface area contributed by atoms with E-state index in [0.29, 0.717) is 31.4 Å². The largest absolute Gasteiger partial charge is 0.383 e. The second-order valence-electron chi connectivity index (χ2n) is 3.06. The van der Waals surface area contributed by atoms with Gasteiger partial charge < -0.3 is 4.74 Å². The molecular formula is C8H15NO2. The number of carbonyl (C=O) groups is 1. The molecule has 0 aromatic heterocycles. The van der Waals surface area contributed by atoms with Crippen molar-refractivity contribution in [1.29, 1.82) is 0 Å². The lowest BCUT2D eigenvalue weighted by Crippen LogP contribution is -2.34. The summed E-state index contributed by atoms with van der Waals surface area (Å²) in [4.78, 5) is 13.0. The molecule has 1 aliphatic heterocycles. The quantitative estimate of drug-likeness (QED) is 0.590. The lowest BCUT2D eigenvalue weighted by Gasteiger charge is -2.21. The van der Waals surface area contributed by atoms with E-state index in [1.807, 2.05) is 0 Å². The first-order valence-corrected chi connectivity index (χ1v) is 3.98. The maximum atomic E-state index is 10.9. The summed E-state index contributed by atoms with van der Waals surface area (Å²) >= 11 is 0. The Kier molecular flexibility index (Phi) is 3.02. The Morgan fingerprint density at radius 2 is 2.45 bits per heavy atom. The van der Waals surface area contributed by atoms with Crippen LogP contribution in [0.5, 0.6) is 0 Å². The van der Waals surface area contributed by atoms with Crippen molar-refractivity contribution in [1.82, 2.24) is 4.90 Å². The second-order valence-corrected chi connectivity index (χ2v) is 3.06. The van der Waals surface area contributed by atoms with Gasteiger partial charge >= 0.3 is 0 Å². The third-order valence-corrected chi connectivity index (χ3v) is 2.09. The van der Waals surface area contributed by atoms with Crippen LogP contribution >= 0.6 is 0 Å². The van der Waals surface area contributed by atoms with Gasteiger partial charge in [0.15, 0.2) is 0 Å². The average molecular weight is 157 g/mol. The highest BCUT2D eigenvalue weighted by Crippen LogP contribution is 2.08. The van der Waals surface area contributed by atoms with Gasteiger partial charge in [-0.25, -0.2) is 0 Å². The fraction of sp³-hybridized carbons (Fsp3) is 0.875. The Hall–Kier alpha value is -0.410. The number of ether oxygens (including phenoxy) is 1. The monoisotopic (exact) mass is 157 g/mol. The lowest BCUT2D eigenvalue weighted by atomic mass is 10.3. The van der Waals surface area contributed by atoms with Crippen LogP contribution in [0, 0.1) is 0 Å². The molecule has 1 heterocycles. The van der Waals surface area contributed by atoms with Crippen LogP contribution in [-0.4, -0.2) is 43.5 Å². The normalized spacial score (nSPS) is 22.5. The molecule has 1 saturated heterocycles. The molecule has 0 radical (unpaired) electrons. The first kappa shape index (κ1) is 8.68. The molecule has 0 amide bonds. The molecule has 0 spiro atoms. The summed E-state index contributed by atoms with van der Waals surface area (Å²) in [6.07, 6.45) is 0.716. The number of carbonyl (C=O) groups excluding carboxylic acids is 1. The maximum absolute atomic E-state index is 10.9. The summed E-state index contributed by atoms with van der Waals surface area (Å²) in [5.41, 5.74) is 0. The fourth-order valence-corrected chi connectivity index (χ4v) is 1.38. The van der Waals surface area contributed by atoms with Crippen LogP contribution in [0.25, 0.3) is 0 Å². The molecule has 11 heavy (non-hydrogen) atoms. The van der Waals surface area contributed by atoms with Gasteiger partial charge in [-0.1, -0.05) is 0 Å². The van der Waals surface area contributed by atoms with Crippen LogP contribution in [0.15, 0.2) is 0 Å². The van der Waals surface area contributed by atoms with Crippen molar-refractivity contribution in [3.05, 3.63) is 0 Å². The van der Waals surface area contributed by atoms with E-state index >= 15 is 0 Å². The molecule has 0 aromatic carbocycles. The van der Waals surface area contributed by atoms with E-state index in [-0.39, 0.29) is 0 Å². The number of likely N-dealkylation sites (tertiary alicyclic amines) is 1. The van der Waals surface area contributed by atoms with Crippen LogP contribution in [0.2, 0.25) is 0 Å². The topological polar surface area (TPSA) is 29.5 Å². The van der Waals surface area contributed by atoms with E-state index < -0.39 is 0 Å². The molecule has 64 valence electrons. The summed E-state index contributed by atoms with van der Waals surface area (Å²) in [5, 5.41) is 0. The number of ketones is 1. The first-order valence-electron chi connectivity index (χ1n) is 3.98. The summed E-state index contributed by atoms with van der Waals surface area (Å²) < 4.78 is 5.00. The highest BCUT2D eigenvalue weighted by atomic mass is 16.5. The summed E-state index contributed by atoms with van der Waals surface area (Å²) in [6, 6.07) is 0.381. The molecule has 0 aliphatic carbocycles. The van der Waals surface area contributed by atoms with Crippen LogP contribution in [0.1, 0.15) is 13.3 Å². The van der Waals surface area contributed by atoms with Gasteiger partial charge in [0.1, 0.15) is 5.78 Å². The van der Waals surface area contributed by atoms with E-state index in [1.54, 1.807) is 7.11 Å². The van der Waals surface area contributed by atoms with Crippen molar-refractivity contribution >= 4 is 5.78 Å². The predicted octanol–water partition coefficient (Wildman–Crippen LogP) is 0.296. The van der Waals surface area contributed by atoms with Gasteiger partial charge in [0, 0.05) is 26.1 Å². The smallest absolute Gasteiger partial charge is 0.148 e. The highest BCUT2D eigenvalue weighted by Gasteiger charge is 2.23. The van der Waals surface area contributed by atoms with Crippen molar-refractivity contribution < 1.29 is 9.53 Å². The number of hydrogen-bond donors (Lipinski definition) is 0. The van der Waals surface area contributed by atoms with Crippen molar-refractivity contribution in [3.63, 3.8) is 0 Å². The highest BCUT2D eigenvalue weighted by molar-refractivity contribution is 5.82. The van der Waals surface area contributed by atoms with E-state index in [4.69, 9.17) is 4.74 Å². The van der Waals surface area contributed by atoms with Gasteiger partial charge in [-0.05, 0) is 6.92 Å². The summed E-state index contributed by atoms with van der Waals surface area (Å²) in [7, 11) is 1.69. The Bertz CT molecular complexity index is 147. The molecular weight excluding hydrogens is 142 g/mol. The number of nitrogens with zero attached hydrogens (tertiary/aromatic N) is 1. The van der Waals surface area contributed by atoms with Crippen molar-refractivity contribution in [3.8, 4) is 0 Å². The number of rotatable bonds is 3. The third kappa shape index (κ3) is 2.27.